The average Bonchev–Trinajstić information content (AvgIpc) is 2.30. The van der Waals surface area contributed by atoms with E-state index in [1.54, 1.807) is 18.5 Å². The molecule has 0 spiro atoms. The Labute approximate surface area is 89.7 Å². The minimum atomic E-state index is -0.413. The second-order valence-corrected chi connectivity index (χ2v) is 3.20. The van der Waals surface area contributed by atoms with E-state index in [9.17, 15) is 4.79 Å². The van der Waals surface area contributed by atoms with Crippen molar-refractivity contribution in [3.63, 3.8) is 0 Å². The molecule has 0 saturated heterocycles. The first-order valence-corrected chi connectivity index (χ1v) is 5.00. The molecule has 1 aromatic heterocycles. The normalized spacial score (nSPS) is 12.1. The number of nitrogens with one attached hydrogen (secondary N) is 1. The first-order chi connectivity index (χ1) is 7.29. The fourth-order valence-corrected chi connectivity index (χ4v) is 1.29. The van der Waals surface area contributed by atoms with Gasteiger partial charge >= 0.3 is 5.97 Å². The molecule has 1 rings (SSSR count). The summed E-state index contributed by atoms with van der Waals surface area (Å²) in [6, 6.07) is 3.25. The quantitative estimate of drug-likeness (QED) is 0.741. The van der Waals surface area contributed by atoms with Crippen molar-refractivity contribution in [2.24, 2.45) is 0 Å². The van der Waals surface area contributed by atoms with Crippen LogP contribution in [0.25, 0.3) is 0 Å². The lowest BCUT2D eigenvalue weighted by molar-refractivity contribution is -0.143. The molecule has 1 N–H and O–H groups in total. The Morgan fingerprint density at radius 3 is 3.00 bits per heavy atom. The largest absolute Gasteiger partial charge is 0.468 e. The molecule has 1 atom stereocenters. The lowest BCUT2D eigenvalue weighted by Gasteiger charge is -2.15. The number of aromatic nitrogens is 1. The molecule has 0 aliphatic heterocycles. The third-order valence-corrected chi connectivity index (χ3v) is 2.05. The second-order valence-electron chi connectivity index (χ2n) is 3.20. The van der Waals surface area contributed by atoms with Gasteiger partial charge in [0.05, 0.1) is 7.11 Å². The highest BCUT2D eigenvalue weighted by Gasteiger charge is 2.19. The predicted octanol–water partition coefficient (Wildman–Crippen LogP) is 1.30. The number of nitrogens with zero attached hydrogens (tertiary/aromatic N) is 1. The fraction of sp³-hybridized carbons (Fsp3) is 0.455. The van der Waals surface area contributed by atoms with Gasteiger partial charge in [-0.25, -0.2) is 4.79 Å². The van der Waals surface area contributed by atoms with Crippen molar-refractivity contribution in [2.45, 2.75) is 19.4 Å². The van der Waals surface area contributed by atoms with Crippen LogP contribution in [0.2, 0.25) is 0 Å². The van der Waals surface area contributed by atoms with Crippen molar-refractivity contribution in [1.29, 1.82) is 0 Å². The number of ether oxygens (including phenoxy) is 1. The smallest absolute Gasteiger partial charge is 0.327 e. The Kier molecular flexibility index (Phi) is 4.77. The fourth-order valence-electron chi connectivity index (χ4n) is 1.29. The van der Waals surface area contributed by atoms with Gasteiger partial charge in [0.25, 0.3) is 0 Å². The maximum absolute atomic E-state index is 11.5. The van der Waals surface area contributed by atoms with E-state index in [1.165, 1.54) is 7.11 Å². The molecular formula is C11H16N2O2. The van der Waals surface area contributed by atoms with Gasteiger partial charge in [-0.05, 0) is 24.6 Å². The van der Waals surface area contributed by atoms with Gasteiger partial charge in [-0.1, -0.05) is 13.0 Å². The molecule has 4 heteroatoms. The van der Waals surface area contributed by atoms with E-state index in [4.69, 9.17) is 4.74 Å². The highest BCUT2D eigenvalue weighted by molar-refractivity contribution is 5.77. The minimum Gasteiger partial charge on any atom is -0.468 e. The van der Waals surface area contributed by atoms with Gasteiger partial charge in [0.15, 0.2) is 0 Å². The number of pyridine rings is 1. The van der Waals surface area contributed by atoms with Crippen LogP contribution in [0.1, 0.15) is 24.9 Å². The maximum Gasteiger partial charge on any atom is 0.327 e. The van der Waals surface area contributed by atoms with Crippen molar-refractivity contribution < 1.29 is 9.53 Å². The Bertz CT molecular complexity index is 301. The number of carbonyl (C=O) groups excluding carboxylic acids is 1. The van der Waals surface area contributed by atoms with Gasteiger partial charge in [-0.3, -0.25) is 4.98 Å². The molecule has 0 aromatic carbocycles. The van der Waals surface area contributed by atoms with E-state index in [1.807, 2.05) is 13.0 Å². The van der Waals surface area contributed by atoms with Crippen molar-refractivity contribution >= 4 is 5.97 Å². The second kappa shape index (κ2) is 6.14. The van der Waals surface area contributed by atoms with Crippen LogP contribution in [-0.2, 0) is 9.53 Å². The molecule has 0 saturated carbocycles. The van der Waals surface area contributed by atoms with E-state index < -0.39 is 6.04 Å². The zero-order valence-corrected chi connectivity index (χ0v) is 9.06. The monoisotopic (exact) mass is 208 g/mol. The third kappa shape index (κ3) is 3.32. The molecule has 82 valence electrons. The van der Waals surface area contributed by atoms with Crippen LogP contribution in [-0.4, -0.2) is 24.6 Å². The molecule has 0 radical (unpaired) electrons. The molecule has 0 fully saturated rings. The van der Waals surface area contributed by atoms with E-state index in [0.29, 0.717) is 0 Å². The van der Waals surface area contributed by atoms with Crippen LogP contribution in [0.3, 0.4) is 0 Å². The molecule has 0 aliphatic rings. The Morgan fingerprint density at radius 1 is 1.67 bits per heavy atom. The zero-order chi connectivity index (χ0) is 11.1. The summed E-state index contributed by atoms with van der Waals surface area (Å²) in [5, 5.41) is 3.12. The summed E-state index contributed by atoms with van der Waals surface area (Å²) in [5.41, 5.74) is 0.831. The van der Waals surface area contributed by atoms with Crippen molar-refractivity contribution in [3.05, 3.63) is 30.1 Å². The van der Waals surface area contributed by atoms with Crippen LogP contribution in [0.4, 0.5) is 0 Å². The summed E-state index contributed by atoms with van der Waals surface area (Å²) >= 11 is 0. The van der Waals surface area contributed by atoms with Crippen LogP contribution in [0, 0.1) is 0 Å². The number of rotatable bonds is 5. The molecule has 4 nitrogen and oxygen atoms in total. The van der Waals surface area contributed by atoms with E-state index >= 15 is 0 Å². The minimum absolute atomic E-state index is 0.281. The summed E-state index contributed by atoms with van der Waals surface area (Å²) in [5.74, 6) is -0.281. The van der Waals surface area contributed by atoms with Crippen LogP contribution < -0.4 is 5.32 Å². The molecule has 0 amide bonds. The highest BCUT2D eigenvalue weighted by atomic mass is 16.5. The number of carbonyl (C=O) groups is 1. The van der Waals surface area contributed by atoms with E-state index in [0.717, 1.165) is 18.5 Å². The average molecular weight is 208 g/mol. The van der Waals surface area contributed by atoms with Gasteiger partial charge in [-0.15, -0.1) is 0 Å². The summed E-state index contributed by atoms with van der Waals surface area (Å²) in [7, 11) is 1.39. The molecule has 1 heterocycles. The molecule has 0 aliphatic carbocycles. The predicted molar refractivity (Wildman–Crippen MR) is 57.3 cm³/mol. The number of hydrogen-bond donors (Lipinski definition) is 1. The van der Waals surface area contributed by atoms with Gasteiger partial charge in [-0.2, -0.15) is 0 Å². The summed E-state index contributed by atoms with van der Waals surface area (Å²) in [4.78, 5) is 15.5. The van der Waals surface area contributed by atoms with Gasteiger partial charge in [0.1, 0.15) is 6.04 Å². The molecule has 1 unspecified atom stereocenters. The molecular weight excluding hydrogens is 192 g/mol. The van der Waals surface area contributed by atoms with Crippen LogP contribution in [0.15, 0.2) is 24.5 Å². The number of esters is 1. The van der Waals surface area contributed by atoms with Crippen LogP contribution >= 0.6 is 0 Å². The molecule has 15 heavy (non-hydrogen) atoms. The van der Waals surface area contributed by atoms with Crippen molar-refractivity contribution in [1.82, 2.24) is 10.3 Å². The standard InChI is InChI=1S/C11H16N2O2/c1-3-6-13-10(11(14)15-2)9-5-4-7-12-8-9/h4-5,7-8,10,13H,3,6H2,1-2H3. The Morgan fingerprint density at radius 2 is 2.47 bits per heavy atom. The topological polar surface area (TPSA) is 51.2 Å². The van der Waals surface area contributed by atoms with E-state index in [2.05, 4.69) is 10.3 Å². The number of hydrogen-bond acceptors (Lipinski definition) is 4. The van der Waals surface area contributed by atoms with Gasteiger partial charge in [0.2, 0.25) is 0 Å². The molecule has 1 aromatic rings. The third-order valence-electron chi connectivity index (χ3n) is 2.05. The van der Waals surface area contributed by atoms with Crippen molar-refractivity contribution in [3.8, 4) is 0 Å². The first kappa shape index (κ1) is 11.7. The molecule has 0 bridgehead atoms. The summed E-state index contributed by atoms with van der Waals surface area (Å²) in [6.45, 7) is 2.82. The highest BCUT2D eigenvalue weighted by Crippen LogP contribution is 2.12. The lowest BCUT2D eigenvalue weighted by Crippen LogP contribution is -2.30. The maximum atomic E-state index is 11.5. The first-order valence-electron chi connectivity index (χ1n) is 5.00. The summed E-state index contributed by atoms with van der Waals surface area (Å²) in [6.07, 6.45) is 4.32. The Hall–Kier alpha value is -1.42. The Balaban J connectivity index is 2.76. The lowest BCUT2D eigenvalue weighted by atomic mass is 10.1. The van der Waals surface area contributed by atoms with Gasteiger partial charge in [0, 0.05) is 12.4 Å². The zero-order valence-electron chi connectivity index (χ0n) is 9.06. The van der Waals surface area contributed by atoms with E-state index in [-0.39, 0.29) is 5.97 Å². The summed E-state index contributed by atoms with van der Waals surface area (Å²) < 4.78 is 4.73. The number of methoxy groups -OCH3 is 1. The van der Waals surface area contributed by atoms with Gasteiger partial charge < -0.3 is 10.1 Å². The van der Waals surface area contributed by atoms with Crippen molar-refractivity contribution in [2.75, 3.05) is 13.7 Å². The SMILES string of the molecule is CCCNC(C(=O)OC)c1cccnc1. The van der Waals surface area contributed by atoms with Crippen LogP contribution in [0.5, 0.6) is 0 Å².